The molecule has 0 spiro atoms. The van der Waals surface area contributed by atoms with Crippen LogP contribution in [-0.2, 0) is 11.2 Å². The van der Waals surface area contributed by atoms with Gasteiger partial charge in [0.25, 0.3) is 0 Å². The fourth-order valence-corrected chi connectivity index (χ4v) is 1.59. The van der Waals surface area contributed by atoms with E-state index in [9.17, 15) is 4.39 Å². The molecule has 1 N–H and O–H groups in total. The molecule has 0 radical (unpaired) electrons. The molecule has 0 saturated carbocycles. The maximum Gasteiger partial charge on any atom is 0.127 e. The number of hydrogen-bond acceptors (Lipinski definition) is 2. The number of hydrogen-bond donors (Lipinski definition) is 1. The molecule has 90 valence electrons. The van der Waals surface area contributed by atoms with Crippen LogP contribution in [0.5, 0.6) is 0 Å². The number of aryl methyl sites for hydroxylation is 1. The second kappa shape index (κ2) is 7.60. The van der Waals surface area contributed by atoms with E-state index in [0.717, 1.165) is 31.5 Å². The Labute approximate surface area is 101 Å². The van der Waals surface area contributed by atoms with Crippen molar-refractivity contribution in [2.24, 2.45) is 0 Å². The first-order valence-corrected chi connectivity index (χ1v) is 5.75. The number of ether oxygens (including phenoxy) is 1. The molecule has 1 aromatic rings. The molecule has 0 heterocycles. The third-order valence-corrected chi connectivity index (χ3v) is 2.53. The maximum atomic E-state index is 13.4. The molecule has 16 heavy (non-hydrogen) atoms. The van der Waals surface area contributed by atoms with Gasteiger partial charge < -0.3 is 10.1 Å². The molecular formula is C12H17ClFNO. The van der Waals surface area contributed by atoms with Crippen molar-refractivity contribution in [1.82, 2.24) is 5.32 Å². The number of benzene rings is 1. The molecule has 0 aliphatic heterocycles. The van der Waals surface area contributed by atoms with Crippen molar-refractivity contribution in [3.63, 3.8) is 0 Å². The van der Waals surface area contributed by atoms with Crippen molar-refractivity contribution < 1.29 is 9.13 Å². The van der Waals surface area contributed by atoms with Crippen LogP contribution in [0.4, 0.5) is 4.39 Å². The fourth-order valence-electron chi connectivity index (χ4n) is 1.43. The Morgan fingerprint density at radius 2 is 2.19 bits per heavy atom. The summed E-state index contributed by atoms with van der Waals surface area (Å²) in [7, 11) is 1.67. The third kappa shape index (κ3) is 4.92. The van der Waals surface area contributed by atoms with Gasteiger partial charge in [-0.3, -0.25) is 0 Å². The van der Waals surface area contributed by atoms with E-state index < -0.39 is 0 Å². The van der Waals surface area contributed by atoms with Gasteiger partial charge in [0.2, 0.25) is 0 Å². The van der Waals surface area contributed by atoms with E-state index in [1.807, 2.05) is 0 Å². The highest BCUT2D eigenvalue weighted by molar-refractivity contribution is 6.30. The van der Waals surface area contributed by atoms with Crippen LogP contribution in [0.3, 0.4) is 0 Å². The summed E-state index contributed by atoms with van der Waals surface area (Å²) in [5.74, 6) is -0.218. The lowest BCUT2D eigenvalue weighted by molar-refractivity contribution is 0.199. The van der Waals surface area contributed by atoms with Crippen LogP contribution in [0.2, 0.25) is 5.02 Å². The smallest absolute Gasteiger partial charge is 0.127 e. The summed E-state index contributed by atoms with van der Waals surface area (Å²) < 4.78 is 18.3. The lowest BCUT2D eigenvalue weighted by Crippen LogP contribution is -2.20. The first-order valence-electron chi connectivity index (χ1n) is 5.37. The van der Waals surface area contributed by atoms with Gasteiger partial charge >= 0.3 is 0 Å². The maximum absolute atomic E-state index is 13.4. The Balaban J connectivity index is 2.21. The monoisotopic (exact) mass is 245 g/mol. The summed E-state index contributed by atoms with van der Waals surface area (Å²) in [4.78, 5) is 0. The largest absolute Gasteiger partial charge is 0.383 e. The first kappa shape index (κ1) is 13.4. The average molecular weight is 246 g/mol. The van der Waals surface area contributed by atoms with Gasteiger partial charge in [0.1, 0.15) is 5.82 Å². The van der Waals surface area contributed by atoms with Gasteiger partial charge in [0.15, 0.2) is 0 Å². The van der Waals surface area contributed by atoms with Crippen molar-refractivity contribution in [1.29, 1.82) is 0 Å². The van der Waals surface area contributed by atoms with E-state index >= 15 is 0 Å². The highest BCUT2D eigenvalue weighted by Crippen LogP contribution is 2.15. The highest BCUT2D eigenvalue weighted by Gasteiger charge is 2.02. The molecule has 0 aliphatic carbocycles. The van der Waals surface area contributed by atoms with Gasteiger partial charge in [-0.1, -0.05) is 17.7 Å². The van der Waals surface area contributed by atoms with Crippen molar-refractivity contribution in [2.45, 2.75) is 12.8 Å². The van der Waals surface area contributed by atoms with Crippen molar-refractivity contribution in [3.05, 3.63) is 34.6 Å². The Bertz CT molecular complexity index is 320. The summed E-state index contributed by atoms with van der Waals surface area (Å²) in [6.45, 7) is 2.40. The van der Waals surface area contributed by atoms with Gasteiger partial charge in [0.05, 0.1) is 6.61 Å². The molecule has 1 aromatic carbocycles. The Morgan fingerprint density at radius 3 is 2.88 bits per heavy atom. The molecule has 1 rings (SSSR count). The van der Waals surface area contributed by atoms with Crippen LogP contribution < -0.4 is 5.32 Å². The topological polar surface area (TPSA) is 21.3 Å². The van der Waals surface area contributed by atoms with E-state index in [2.05, 4.69) is 5.32 Å². The predicted molar refractivity (Wildman–Crippen MR) is 64.5 cm³/mol. The average Bonchev–Trinajstić information content (AvgIpc) is 2.26. The van der Waals surface area contributed by atoms with Gasteiger partial charge in [-0.25, -0.2) is 4.39 Å². The van der Waals surface area contributed by atoms with E-state index in [0.29, 0.717) is 11.6 Å². The summed E-state index contributed by atoms with van der Waals surface area (Å²) >= 11 is 5.67. The lowest BCUT2D eigenvalue weighted by Gasteiger charge is -2.05. The molecule has 4 heteroatoms. The van der Waals surface area contributed by atoms with Crippen LogP contribution in [0.25, 0.3) is 0 Å². The number of halogens is 2. The molecule has 0 aliphatic rings. The SMILES string of the molecule is COCCNCCCc1ccc(Cl)cc1F. The molecule has 0 bridgehead atoms. The highest BCUT2D eigenvalue weighted by atomic mass is 35.5. The predicted octanol–water partition coefficient (Wildman–Crippen LogP) is 2.65. The minimum absolute atomic E-state index is 0.218. The summed E-state index contributed by atoms with van der Waals surface area (Å²) in [5.41, 5.74) is 0.720. The zero-order valence-electron chi connectivity index (χ0n) is 9.43. The van der Waals surface area contributed by atoms with E-state index in [1.54, 1.807) is 19.2 Å². The van der Waals surface area contributed by atoms with E-state index in [1.165, 1.54) is 6.07 Å². The van der Waals surface area contributed by atoms with Crippen LogP contribution in [-0.4, -0.2) is 26.8 Å². The fraction of sp³-hybridized carbons (Fsp3) is 0.500. The molecule has 0 unspecified atom stereocenters. The van der Waals surface area contributed by atoms with Crippen LogP contribution in [0, 0.1) is 5.82 Å². The van der Waals surface area contributed by atoms with E-state index in [-0.39, 0.29) is 5.82 Å². The quantitative estimate of drug-likeness (QED) is 0.746. The normalized spacial score (nSPS) is 10.7. The summed E-state index contributed by atoms with van der Waals surface area (Å²) in [6, 6.07) is 4.82. The second-order valence-electron chi connectivity index (χ2n) is 3.58. The molecule has 0 amide bonds. The molecular weight excluding hydrogens is 229 g/mol. The Morgan fingerprint density at radius 1 is 1.38 bits per heavy atom. The first-order chi connectivity index (χ1) is 7.74. The van der Waals surface area contributed by atoms with Gasteiger partial charge in [-0.05, 0) is 37.1 Å². The van der Waals surface area contributed by atoms with Crippen molar-refractivity contribution in [3.8, 4) is 0 Å². The number of nitrogens with one attached hydrogen (secondary N) is 1. The van der Waals surface area contributed by atoms with Crippen LogP contribution in [0.15, 0.2) is 18.2 Å². The molecule has 0 fully saturated rings. The van der Waals surface area contributed by atoms with Gasteiger partial charge in [-0.15, -0.1) is 0 Å². The summed E-state index contributed by atoms with van der Waals surface area (Å²) in [5, 5.41) is 3.66. The number of methoxy groups -OCH3 is 1. The third-order valence-electron chi connectivity index (χ3n) is 2.30. The standard InChI is InChI=1S/C12H17ClFNO/c1-16-8-7-15-6-2-3-10-4-5-11(13)9-12(10)14/h4-5,9,15H,2-3,6-8H2,1H3. The molecule has 0 atom stereocenters. The Hall–Kier alpha value is -0.640. The summed E-state index contributed by atoms with van der Waals surface area (Å²) in [6.07, 6.45) is 1.63. The van der Waals surface area contributed by atoms with Gasteiger partial charge in [-0.2, -0.15) is 0 Å². The van der Waals surface area contributed by atoms with Crippen molar-refractivity contribution in [2.75, 3.05) is 26.8 Å². The second-order valence-corrected chi connectivity index (χ2v) is 4.02. The zero-order valence-corrected chi connectivity index (χ0v) is 10.2. The molecule has 0 saturated heterocycles. The minimum atomic E-state index is -0.218. The Kier molecular flexibility index (Phi) is 6.38. The molecule has 0 aromatic heterocycles. The van der Waals surface area contributed by atoms with Gasteiger partial charge in [0, 0.05) is 18.7 Å². The minimum Gasteiger partial charge on any atom is -0.383 e. The lowest BCUT2D eigenvalue weighted by atomic mass is 10.1. The van der Waals surface area contributed by atoms with Crippen LogP contribution in [0.1, 0.15) is 12.0 Å². The number of rotatable bonds is 7. The van der Waals surface area contributed by atoms with Crippen molar-refractivity contribution >= 4 is 11.6 Å². The van der Waals surface area contributed by atoms with Crippen LogP contribution >= 0.6 is 11.6 Å². The zero-order chi connectivity index (χ0) is 11.8. The molecule has 2 nitrogen and oxygen atoms in total. The van der Waals surface area contributed by atoms with E-state index in [4.69, 9.17) is 16.3 Å².